The largest absolute Gasteiger partial charge is 0.573 e. The van der Waals surface area contributed by atoms with Gasteiger partial charge in [-0.1, -0.05) is 24.3 Å². The van der Waals surface area contributed by atoms with Gasteiger partial charge in [-0.25, -0.2) is 14.2 Å². The summed E-state index contributed by atoms with van der Waals surface area (Å²) in [7, 11) is 1.53. The van der Waals surface area contributed by atoms with Crippen LogP contribution >= 0.6 is 0 Å². The first kappa shape index (κ1) is 27.4. The van der Waals surface area contributed by atoms with Gasteiger partial charge in [0.05, 0.1) is 20.2 Å². The van der Waals surface area contributed by atoms with Gasteiger partial charge in [-0.15, -0.1) is 13.2 Å². The van der Waals surface area contributed by atoms with E-state index in [0.29, 0.717) is 16.9 Å². The molecule has 0 atom stereocenters. The zero-order chi connectivity index (χ0) is 28.2. The van der Waals surface area contributed by atoms with Crippen LogP contribution in [0.5, 0.6) is 11.5 Å². The second kappa shape index (κ2) is 11.4. The minimum absolute atomic E-state index is 0.0200. The quantitative estimate of drug-likeness (QED) is 0.342. The highest BCUT2D eigenvalue weighted by Gasteiger charge is 2.31. The zero-order valence-electron chi connectivity index (χ0n) is 21.5. The summed E-state index contributed by atoms with van der Waals surface area (Å²) < 4.78 is 49.0. The normalized spacial score (nSPS) is 11.3. The Hall–Kier alpha value is -4.61. The monoisotopic (exact) mass is 541 g/mol. The van der Waals surface area contributed by atoms with Crippen molar-refractivity contribution in [3.63, 3.8) is 0 Å². The molecule has 0 saturated carbocycles. The van der Waals surface area contributed by atoms with Gasteiger partial charge in [0, 0.05) is 18.4 Å². The Morgan fingerprint density at radius 2 is 1.49 bits per heavy atom. The van der Waals surface area contributed by atoms with Crippen LogP contribution in [0.15, 0.2) is 70.4 Å². The topological polar surface area (TPSA) is 100 Å². The van der Waals surface area contributed by atoms with Crippen molar-refractivity contribution in [1.29, 1.82) is 0 Å². The molecule has 39 heavy (non-hydrogen) atoms. The molecule has 0 aliphatic carbocycles. The molecule has 0 spiro atoms. The van der Waals surface area contributed by atoms with Crippen LogP contribution in [0.25, 0.3) is 0 Å². The number of alkyl halides is 3. The summed E-state index contributed by atoms with van der Waals surface area (Å²) in [6.45, 7) is 3.94. The molecule has 0 fully saturated rings. The standard InChI is InChI=1S/C27H26F3N5O4/c1-17-12-18(2)31-13-21(17)14-32-24-33-25(36)35(16-20-4-8-22(38-3)9-5-20)26(37)34(24)15-19-6-10-23(11-7-19)39-27(28,29)30/h4-13H,14-16H2,1-3H3,(H,32,33,36). The second-order valence-electron chi connectivity index (χ2n) is 8.82. The van der Waals surface area contributed by atoms with Crippen LogP contribution in [-0.2, 0) is 19.6 Å². The number of benzene rings is 2. The van der Waals surface area contributed by atoms with E-state index < -0.39 is 17.7 Å². The highest BCUT2D eigenvalue weighted by molar-refractivity contribution is 5.34. The van der Waals surface area contributed by atoms with Gasteiger partial charge in [-0.05, 0) is 66.4 Å². The van der Waals surface area contributed by atoms with Crippen molar-refractivity contribution in [2.45, 2.75) is 39.8 Å². The minimum atomic E-state index is -4.82. The molecule has 9 nitrogen and oxygen atoms in total. The first-order valence-electron chi connectivity index (χ1n) is 11.9. The maximum atomic E-state index is 13.6. The van der Waals surface area contributed by atoms with E-state index in [2.05, 4.69) is 20.0 Å². The highest BCUT2D eigenvalue weighted by Crippen LogP contribution is 2.23. The smallest absolute Gasteiger partial charge is 0.497 e. The summed E-state index contributed by atoms with van der Waals surface area (Å²) in [5, 5.41) is 3.05. The van der Waals surface area contributed by atoms with Gasteiger partial charge in [-0.2, -0.15) is 4.98 Å². The lowest BCUT2D eigenvalue weighted by Crippen LogP contribution is -2.43. The third kappa shape index (κ3) is 7.03. The molecule has 4 rings (SSSR count). The van der Waals surface area contributed by atoms with E-state index in [1.807, 2.05) is 19.9 Å². The summed E-state index contributed by atoms with van der Waals surface area (Å²) >= 11 is 0. The fourth-order valence-corrected chi connectivity index (χ4v) is 3.92. The lowest BCUT2D eigenvalue weighted by atomic mass is 10.1. The maximum absolute atomic E-state index is 13.6. The number of ether oxygens (including phenoxy) is 2. The number of nitrogens with one attached hydrogen (secondary N) is 1. The number of nitrogens with zero attached hydrogens (tertiary/aromatic N) is 4. The number of halogens is 3. The first-order chi connectivity index (χ1) is 18.5. The van der Waals surface area contributed by atoms with Gasteiger partial charge >= 0.3 is 17.7 Å². The SMILES string of the molecule is COc1ccc(Cn2c(=O)nc(NCc3cnc(C)cc3C)n(Cc3ccc(OC(F)(F)F)cc3)c2=O)cc1. The number of anilines is 1. The Morgan fingerprint density at radius 3 is 2.05 bits per heavy atom. The molecule has 2 heterocycles. The summed E-state index contributed by atoms with van der Waals surface area (Å²) in [5.74, 6) is 0.258. The van der Waals surface area contributed by atoms with E-state index in [1.165, 1.54) is 23.8 Å². The van der Waals surface area contributed by atoms with Crippen molar-refractivity contribution in [1.82, 2.24) is 19.1 Å². The summed E-state index contributed by atoms with van der Waals surface area (Å²) in [5.41, 5.74) is 2.46. The number of rotatable bonds is 9. The minimum Gasteiger partial charge on any atom is -0.497 e. The summed E-state index contributed by atoms with van der Waals surface area (Å²) in [6.07, 6.45) is -3.12. The Bertz CT molecular complexity index is 1560. The van der Waals surface area contributed by atoms with Gasteiger partial charge in [0.1, 0.15) is 11.5 Å². The van der Waals surface area contributed by atoms with Gasteiger partial charge in [0.2, 0.25) is 5.95 Å². The number of methoxy groups -OCH3 is 1. The van der Waals surface area contributed by atoms with E-state index >= 15 is 0 Å². The molecular formula is C27H26F3N5O4. The van der Waals surface area contributed by atoms with Crippen molar-refractivity contribution in [2.75, 3.05) is 12.4 Å². The molecule has 0 aliphatic rings. The van der Waals surface area contributed by atoms with Crippen molar-refractivity contribution in [3.05, 3.63) is 110 Å². The molecule has 0 saturated heterocycles. The van der Waals surface area contributed by atoms with Gasteiger partial charge in [-0.3, -0.25) is 9.55 Å². The average molecular weight is 542 g/mol. The molecular weight excluding hydrogens is 515 g/mol. The van der Waals surface area contributed by atoms with Crippen LogP contribution < -0.4 is 26.2 Å². The Balaban J connectivity index is 1.69. The molecule has 0 amide bonds. The number of pyridine rings is 1. The molecule has 12 heteroatoms. The molecule has 0 unspecified atom stereocenters. The van der Waals surface area contributed by atoms with E-state index in [0.717, 1.165) is 33.5 Å². The summed E-state index contributed by atoms with van der Waals surface area (Å²) in [6, 6.07) is 13.9. The number of aryl methyl sites for hydroxylation is 2. The fraction of sp³-hybridized carbons (Fsp3) is 0.259. The fourth-order valence-electron chi connectivity index (χ4n) is 3.92. The number of aromatic nitrogens is 4. The lowest BCUT2D eigenvalue weighted by Gasteiger charge is -2.17. The van der Waals surface area contributed by atoms with Gasteiger partial charge in [0.15, 0.2) is 0 Å². The van der Waals surface area contributed by atoms with Crippen molar-refractivity contribution < 1.29 is 22.6 Å². The third-order valence-electron chi connectivity index (χ3n) is 5.94. The average Bonchev–Trinajstić information content (AvgIpc) is 2.88. The van der Waals surface area contributed by atoms with Crippen LogP contribution in [0, 0.1) is 13.8 Å². The maximum Gasteiger partial charge on any atom is 0.573 e. The van der Waals surface area contributed by atoms with E-state index in [-0.39, 0.29) is 31.3 Å². The van der Waals surface area contributed by atoms with Crippen LogP contribution in [0.1, 0.15) is 27.9 Å². The predicted octanol–water partition coefficient (Wildman–Crippen LogP) is 4.03. The predicted molar refractivity (Wildman–Crippen MR) is 138 cm³/mol. The molecule has 4 aromatic rings. The van der Waals surface area contributed by atoms with Crippen LogP contribution in [0.4, 0.5) is 19.1 Å². The van der Waals surface area contributed by atoms with Gasteiger partial charge < -0.3 is 14.8 Å². The molecule has 0 bridgehead atoms. The van der Waals surface area contributed by atoms with Gasteiger partial charge in [0.25, 0.3) is 0 Å². The van der Waals surface area contributed by atoms with Crippen molar-refractivity contribution in [3.8, 4) is 11.5 Å². The van der Waals surface area contributed by atoms with Crippen LogP contribution in [0.2, 0.25) is 0 Å². The molecule has 1 N–H and O–H groups in total. The second-order valence-corrected chi connectivity index (χ2v) is 8.82. The van der Waals surface area contributed by atoms with E-state index in [4.69, 9.17) is 4.74 Å². The zero-order valence-corrected chi connectivity index (χ0v) is 21.5. The molecule has 2 aromatic heterocycles. The summed E-state index contributed by atoms with van der Waals surface area (Å²) in [4.78, 5) is 34.9. The van der Waals surface area contributed by atoms with Crippen LogP contribution in [-0.4, -0.2) is 32.6 Å². The Kier molecular flexibility index (Phi) is 8.03. The molecule has 2 aromatic carbocycles. The molecule has 0 radical (unpaired) electrons. The molecule has 204 valence electrons. The number of hydrogen-bond acceptors (Lipinski definition) is 7. The highest BCUT2D eigenvalue weighted by atomic mass is 19.4. The van der Waals surface area contributed by atoms with E-state index in [9.17, 15) is 22.8 Å². The first-order valence-corrected chi connectivity index (χ1v) is 11.9. The third-order valence-corrected chi connectivity index (χ3v) is 5.94. The lowest BCUT2D eigenvalue weighted by molar-refractivity contribution is -0.274. The Morgan fingerprint density at radius 1 is 0.897 bits per heavy atom. The molecule has 0 aliphatic heterocycles. The van der Waals surface area contributed by atoms with Crippen molar-refractivity contribution in [2.24, 2.45) is 0 Å². The van der Waals surface area contributed by atoms with Crippen molar-refractivity contribution >= 4 is 5.95 Å². The van der Waals surface area contributed by atoms with E-state index in [1.54, 1.807) is 30.5 Å². The van der Waals surface area contributed by atoms with Crippen LogP contribution in [0.3, 0.4) is 0 Å². The Labute approximate surface area is 221 Å². The number of hydrogen-bond donors (Lipinski definition) is 1.